The average molecular weight is 359 g/mol. The molecule has 7 nitrogen and oxygen atoms in total. The van der Waals surface area contributed by atoms with Crippen molar-refractivity contribution < 1.29 is 40.0 Å². The van der Waals surface area contributed by atoms with Crippen LogP contribution in [-0.2, 0) is 23.8 Å². The van der Waals surface area contributed by atoms with E-state index in [1.54, 1.807) is 20.8 Å². The highest BCUT2D eigenvalue weighted by Crippen LogP contribution is 2.40. The van der Waals surface area contributed by atoms with E-state index in [2.05, 4.69) is 4.18 Å². The van der Waals surface area contributed by atoms with Crippen LogP contribution in [0, 0.1) is 0 Å². The van der Waals surface area contributed by atoms with E-state index in [4.69, 9.17) is 9.47 Å². The first-order valence-electron chi connectivity index (χ1n) is 6.59. The van der Waals surface area contributed by atoms with Gasteiger partial charge in [-0.2, -0.15) is 21.6 Å². The van der Waals surface area contributed by atoms with Gasteiger partial charge in [0.05, 0.1) is 19.5 Å². The van der Waals surface area contributed by atoms with E-state index >= 15 is 0 Å². The summed E-state index contributed by atoms with van der Waals surface area (Å²) >= 11 is 0. The molecule has 0 atom stereocenters. The molecule has 1 spiro atoms. The lowest BCUT2D eigenvalue weighted by molar-refractivity contribution is -0.0929. The Kier molecular flexibility index (Phi) is 3.99. The predicted molar refractivity (Wildman–Crippen MR) is 70.4 cm³/mol. The summed E-state index contributed by atoms with van der Waals surface area (Å²) in [6.07, 6.45) is 0.0705. The van der Waals surface area contributed by atoms with E-state index in [-0.39, 0.29) is 19.5 Å². The van der Waals surface area contributed by atoms with Crippen LogP contribution in [-0.4, -0.2) is 49.2 Å². The molecule has 2 heterocycles. The number of carbonyl (C=O) groups is 1. The first-order chi connectivity index (χ1) is 10.2. The minimum Gasteiger partial charge on any atom is -0.487 e. The lowest BCUT2D eigenvalue weighted by Crippen LogP contribution is -2.63. The molecule has 0 aromatic heterocycles. The highest BCUT2D eigenvalue weighted by Gasteiger charge is 2.54. The Labute approximate surface area is 131 Å². The van der Waals surface area contributed by atoms with Crippen LogP contribution in [0.15, 0.2) is 12.0 Å². The molecule has 0 unspecified atom stereocenters. The molecule has 1 amide bonds. The molecule has 0 aromatic rings. The van der Waals surface area contributed by atoms with Gasteiger partial charge in [0.15, 0.2) is 11.4 Å². The fraction of sp³-hybridized carbons (Fsp3) is 0.750. The minimum atomic E-state index is -5.72. The number of halogens is 3. The third kappa shape index (κ3) is 3.82. The van der Waals surface area contributed by atoms with E-state index in [0.717, 1.165) is 6.26 Å². The van der Waals surface area contributed by atoms with E-state index in [1.165, 1.54) is 4.90 Å². The molecular weight excluding hydrogens is 343 g/mol. The number of amides is 1. The largest absolute Gasteiger partial charge is 0.534 e. The molecule has 0 N–H and O–H groups in total. The second-order valence-electron chi connectivity index (χ2n) is 6.38. The predicted octanol–water partition coefficient (Wildman–Crippen LogP) is 2.10. The summed E-state index contributed by atoms with van der Waals surface area (Å²) in [5.74, 6) is -0.453. The van der Waals surface area contributed by atoms with Gasteiger partial charge in [-0.1, -0.05) is 0 Å². The first kappa shape index (κ1) is 17.7. The molecule has 23 heavy (non-hydrogen) atoms. The maximum absolute atomic E-state index is 12.3. The van der Waals surface area contributed by atoms with Crippen molar-refractivity contribution in [3.63, 3.8) is 0 Å². The van der Waals surface area contributed by atoms with Gasteiger partial charge in [0.25, 0.3) is 0 Å². The molecule has 2 aliphatic rings. The summed E-state index contributed by atoms with van der Waals surface area (Å²) in [7, 11) is -5.72. The van der Waals surface area contributed by atoms with Gasteiger partial charge in [0, 0.05) is 0 Å². The van der Waals surface area contributed by atoms with Crippen molar-refractivity contribution in [1.82, 2.24) is 4.90 Å². The highest BCUT2D eigenvalue weighted by atomic mass is 32.2. The summed E-state index contributed by atoms with van der Waals surface area (Å²) < 4.78 is 72.9. The average Bonchev–Trinajstić information content (AvgIpc) is 2.66. The Balaban J connectivity index is 1.89. The lowest BCUT2D eigenvalue weighted by Gasteiger charge is -2.46. The number of alkyl halides is 3. The van der Waals surface area contributed by atoms with Crippen LogP contribution in [0.5, 0.6) is 0 Å². The van der Waals surface area contributed by atoms with Gasteiger partial charge in [-0.25, -0.2) is 4.79 Å². The Hall–Kier alpha value is -1.65. The van der Waals surface area contributed by atoms with Crippen LogP contribution in [0.3, 0.4) is 0 Å². The fourth-order valence-corrected chi connectivity index (χ4v) is 2.59. The van der Waals surface area contributed by atoms with Gasteiger partial charge < -0.3 is 13.7 Å². The van der Waals surface area contributed by atoms with E-state index < -0.39 is 38.7 Å². The second kappa shape index (κ2) is 5.18. The van der Waals surface area contributed by atoms with Crippen molar-refractivity contribution in [2.45, 2.75) is 43.9 Å². The second-order valence-corrected chi connectivity index (χ2v) is 7.92. The molecule has 0 aliphatic carbocycles. The summed E-state index contributed by atoms with van der Waals surface area (Å²) in [6.45, 7) is 5.22. The van der Waals surface area contributed by atoms with Gasteiger partial charge >= 0.3 is 21.7 Å². The van der Waals surface area contributed by atoms with Crippen molar-refractivity contribution in [2.75, 3.05) is 13.1 Å². The molecule has 1 fully saturated rings. The minimum absolute atomic E-state index is 0.0668. The van der Waals surface area contributed by atoms with Crippen molar-refractivity contribution in [1.29, 1.82) is 0 Å². The molecule has 11 heteroatoms. The van der Waals surface area contributed by atoms with Crippen LogP contribution in [0.25, 0.3) is 0 Å². The topological polar surface area (TPSA) is 82.1 Å². The number of hydrogen-bond acceptors (Lipinski definition) is 6. The maximum Gasteiger partial charge on any atom is 0.534 e. The van der Waals surface area contributed by atoms with E-state index in [9.17, 15) is 26.4 Å². The van der Waals surface area contributed by atoms with Crippen LogP contribution >= 0.6 is 0 Å². The van der Waals surface area contributed by atoms with Crippen molar-refractivity contribution in [2.24, 2.45) is 0 Å². The van der Waals surface area contributed by atoms with Crippen LogP contribution in [0.1, 0.15) is 27.2 Å². The fourth-order valence-electron chi connectivity index (χ4n) is 2.12. The smallest absolute Gasteiger partial charge is 0.487 e. The summed E-state index contributed by atoms with van der Waals surface area (Å²) in [4.78, 5) is 13.1. The summed E-state index contributed by atoms with van der Waals surface area (Å²) in [5, 5.41) is 0. The lowest BCUT2D eigenvalue weighted by atomic mass is 9.91. The van der Waals surface area contributed by atoms with Gasteiger partial charge in [-0.3, -0.25) is 4.90 Å². The molecule has 0 saturated carbocycles. The molecule has 2 rings (SSSR count). The molecule has 1 saturated heterocycles. The van der Waals surface area contributed by atoms with Crippen molar-refractivity contribution in [3.8, 4) is 0 Å². The summed E-state index contributed by atoms with van der Waals surface area (Å²) in [6, 6.07) is 0. The van der Waals surface area contributed by atoms with Gasteiger partial charge in [0.1, 0.15) is 11.9 Å². The quantitative estimate of drug-likeness (QED) is 0.555. The third-order valence-corrected chi connectivity index (χ3v) is 4.05. The molecule has 0 radical (unpaired) electrons. The zero-order valence-electron chi connectivity index (χ0n) is 12.6. The molecular formula is C12H16F3NO6S. The van der Waals surface area contributed by atoms with Crippen LogP contribution in [0.2, 0.25) is 0 Å². The number of carbonyl (C=O) groups excluding carboxylic acids is 1. The monoisotopic (exact) mass is 359 g/mol. The van der Waals surface area contributed by atoms with Gasteiger partial charge in [-0.05, 0) is 20.8 Å². The molecule has 0 bridgehead atoms. The van der Waals surface area contributed by atoms with E-state index in [1.807, 2.05) is 0 Å². The van der Waals surface area contributed by atoms with Gasteiger partial charge in [-0.15, -0.1) is 0 Å². The SMILES string of the molecule is CC(C)(C)OC(=O)N1CC2(CC(OS(=O)(=O)C(F)(F)F)=CO2)C1. The zero-order chi connectivity index (χ0) is 17.7. The molecule has 2 aliphatic heterocycles. The number of nitrogens with zero attached hydrogens (tertiary/aromatic N) is 1. The van der Waals surface area contributed by atoms with Crippen LogP contribution < -0.4 is 0 Å². The Morgan fingerprint density at radius 2 is 1.87 bits per heavy atom. The highest BCUT2D eigenvalue weighted by molar-refractivity contribution is 7.87. The third-order valence-electron chi connectivity index (χ3n) is 3.05. The Morgan fingerprint density at radius 1 is 1.30 bits per heavy atom. The van der Waals surface area contributed by atoms with Crippen LogP contribution in [0.4, 0.5) is 18.0 Å². The number of ether oxygens (including phenoxy) is 2. The van der Waals surface area contributed by atoms with Gasteiger partial charge in [0.2, 0.25) is 0 Å². The summed E-state index contributed by atoms with van der Waals surface area (Å²) in [5.41, 5.74) is -7.15. The standard InChI is InChI=1S/C12H16F3NO6S/c1-10(2,3)21-9(17)16-6-11(7-16)4-8(5-20-11)22-23(18,19)12(13,14)15/h5H,4,6-7H2,1-3H3. The first-order valence-corrected chi connectivity index (χ1v) is 7.99. The maximum atomic E-state index is 12.3. The van der Waals surface area contributed by atoms with Crippen molar-refractivity contribution >= 4 is 16.2 Å². The Morgan fingerprint density at radius 3 is 2.35 bits per heavy atom. The normalized spacial score (nSPS) is 20.6. The zero-order valence-corrected chi connectivity index (χ0v) is 13.5. The molecule has 0 aromatic carbocycles. The van der Waals surface area contributed by atoms with E-state index in [0.29, 0.717) is 0 Å². The Bertz CT molecular complexity index is 628. The number of likely N-dealkylation sites (tertiary alicyclic amines) is 1. The molecule has 132 valence electrons. The van der Waals surface area contributed by atoms with Crippen molar-refractivity contribution in [3.05, 3.63) is 12.0 Å². The number of rotatable bonds is 2. The number of hydrogen-bond donors (Lipinski definition) is 0.